The Balaban J connectivity index is 1.40. The number of rotatable bonds is 1. The van der Waals surface area contributed by atoms with Crippen LogP contribution in [0.3, 0.4) is 0 Å². The second-order valence-corrected chi connectivity index (χ2v) is 9.94. The van der Waals surface area contributed by atoms with Crippen LogP contribution in [-0.2, 0) is 0 Å². The molecule has 0 spiro atoms. The highest BCUT2D eigenvalue weighted by molar-refractivity contribution is 6.19. The van der Waals surface area contributed by atoms with Crippen molar-refractivity contribution >= 4 is 55.0 Å². The molecule has 0 bridgehead atoms. The first kappa shape index (κ1) is 18.6. The van der Waals surface area contributed by atoms with Crippen molar-refractivity contribution in [2.24, 2.45) is 0 Å². The van der Waals surface area contributed by atoms with Crippen LogP contribution in [0.15, 0.2) is 109 Å². The van der Waals surface area contributed by atoms with Crippen LogP contribution in [0, 0.1) is 0 Å². The van der Waals surface area contributed by atoms with Crippen molar-refractivity contribution in [2.45, 2.75) is 12.2 Å². The molecule has 2 unspecified atom stereocenters. The van der Waals surface area contributed by atoms with E-state index in [0.717, 1.165) is 5.69 Å². The number of para-hydroxylation sites is 5. The Morgan fingerprint density at radius 3 is 2.11 bits per heavy atom. The lowest BCUT2D eigenvalue weighted by atomic mass is 10.00. The average molecular weight is 463 g/mol. The van der Waals surface area contributed by atoms with Gasteiger partial charge < -0.3 is 19.8 Å². The molecule has 5 aromatic carbocycles. The molecule has 4 nitrogen and oxygen atoms in total. The summed E-state index contributed by atoms with van der Waals surface area (Å²) in [6, 6.07) is 39.8. The molecule has 0 aliphatic carbocycles. The van der Waals surface area contributed by atoms with E-state index in [1.165, 1.54) is 60.5 Å². The maximum Gasteiger partial charge on any atom is 0.129 e. The Kier molecular flexibility index (Phi) is 3.36. The molecule has 0 saturated heterocycles. The molecule has 0 fully saturated rings. The van der Waals surface area contributed by atoms with E-state index in [0.29, 0.717) is 0 Å². The van der Waals surface area contributed by atoms with Gasteiger partial charge >= 0.3 is 0 Å². The number of fused-ring (bicyclic) bond motifs is 10. The van der Waals surface area contributed by atoms with Crippen molar-refractivity contribution in [1.29, 1.82) is 0 Å². The minimum Gasteiger partial charge on any atom is -0.373 e. The van der Waals surface area contributed by atoms with Gasteiger partial charge in [0.2, 0.25) is 0 Å². The van der Waals surface area contributed by atoms with Gasteiger partial charge in [-0.25, -0.2) is 0 Å². The van der Waals surface area contributed by atoms with Gasteiger partial charge in [0.25, 0.3) is 0 Å². The summed E-state index contributed by atoms with van der Waals surface area (Å²) in [6.45, 7) is 0. The Labute approximate surface area is 207 Å². The van der Waals surface area contributed by atoms with Gasteiger partial charge in [-0.3, -0.25) is 0 Å². The van der Waals surface area contributed by atoms with Gasteiger partial charge in [-0.15, -0.1) is 0 Å². The Morgan fingerprint density at radius 2 is 1.22 bits per heavy atom. The van der Waals surface area contributed by atoms with Crippen molar-refractivity contribution in [2.75, 3.05) is 10.6 Å². The highest BCUT2D eigenvalue weighted by atomic mass is 15.3. The monoisotopic (exact) mass is 462 g/mol. The maximum absolute atomic E-state index is 3.86. The molecule has 2 N–H and O–H groups in total. The molecule has 9 rings (SSSR count). The number of hydrogen-bond donors (Lipinski definition) is 2. The van der Waals surface area contributed by atoms with E-state index in [1.54, 1.807) is 0 Å². The van der Waals surface area contributed by atoms with E-state index >= 15 is 0 Å². The summed E-state index contributed by atoms with van der Waals surface area (Å²) in [4.78, 5) is 0. The minimum atomic E-state index is 0.122. The number of benzene rings is 5. The molecule has 4 heteroatoms. The van der Waals surface area contributed by atoms with Gasteiger partial charge in [-0.1, -0.05) is 66.7 Å². The van der Waals surface area contributed by atoms with E-state index in [2.05, 4.69) is 129 Å². The van der Waals surface area contributed by atoms with Gasteiger partial charge in [0.1, 0.15) is 6.17 Å². The first-order valence-corrected chi connectivity index (χ1v) is 12.5. The normalized spacial score (nSPS) is 17.9. The fourth-order valence-electron chi connectivity index (χ4n) is 6.67. The third kappa shape index (κ3) is 2.20. The quantitative estimate of drug-likeness (QED) is 0.259. The van der Waals surface area contributed by atoms with Gasteiger partial charge in [0.15, 0.2) is 0 Å². The SMILES string of the molecule is c1ccc(-n2c3ccccc3c3cc4c(cc32)c2cccc3c2n4C2Nc4ccccc4NC32)cc1. The van der Waals surface area contributed by atoms with Crippen LogP contribution in [0.5, 0.6) is 0 Å². The summed E-state index contributed by atoms with van der Waals surface area (Å²) < 4.78 is 4.93. The van der Waals surface area contributed by atoms with E-state index < -0.39 is 0 Å². The molecule has 7 aromatic rings. The molecule has 170 valence electrons. The second kappa shape index (κ2) is 6.49. The zero-order chi connectivity index (χ0) is 23.4. The number of nitrogens with one attached hydrogen (secondary N) is 2. The Bertz CT molecular complexity index is 2010. The number of hydrogen-bond acceptors (Lipinski definition) is 2. The fourth-order valence-corrected chi connectivity index (χ4v) is 6.67. The standard InChI is InChI=1S/C32H22N4/c1-2-9-19(10-3-1)35-27-16-7-4-11-20(27)23-17-29-24(18-28(23)35)21-12-8-13-22-30-32(36(29)31(21)22)34-26-15-6-5-14-25(26)33-30/h1-18,30,32-34H. The highest BCUT2D eigenvalue weighted by Crippen LogP contribution is 2.51. The van der Waals surface area contributed by atoms with Crippen molar-refractivity contribution < 1.29 is 0 Å². The van der Waals surface area contributed by atoms with E-state index in [1.807, 2.05) is 0 Å². The summed E-state index contributed by atoms with van der Waals surface area (Å²) in [6.07, 6.45) is 0.122. The minimum absolute atomic E-state index is 0.122. The highest BCUT2D eigenvalue weighted by Gasteiger charge is 2.39. The molecule has 2 atom stereocenters. The molecular weight excluding hydrogens is 440 g/mol. The number of nitrogens with zero attached hydrogens (tertiary/aromatic N) is 2. The van der Waals surface area contributed by atoms with E-state index in [4.69, 9.17) is 0 Å². The van der Waals surface area contributed by atoms with Crippen LogP contribution in [-0.4, -0.2) is 9.13 Å². The lowest BCUT2D eigenvalue weighted by Gasteiger charge is -2.33. The zero-order valence-electron chi connectivity index (χ0n) is 19.4. The maximum atomic E-state index is 3.86. The zero-order valence-corrected chi connectivity index (χ0v) is 19.4. The summed E-state index contributed by atoms with van der Waals surface area (Å²) in [5.41, 5.74) is 9.97. The first-order chi connectivity index (χ1) is 17.9. The summed E-state index contributed by atoms with van der Waals surface area (Å²) >= 11 is 0. The van der Waals surface area contributed by atoms with Gasteiger partial charge in [-0.05, 0) is 42.5 Å². The second-order valence-electron chi connectivity index (χ2n) is 9.94. The summed E-state index contributed by atoms with van der Waals surface area (Å²) in [5, 5.41) is 12.9. The molecule has 2 aliphatic rings. The molecule has 2 aromatic heterocycles. The van der Waals surface area contributed by atoms with E-state index in [9.17, 15) is 0 Å². The van der Waals surface area contributed by atoms with Crippen LogP contribution in [0.2, 0.25) is 0 Å². The number of anilines is 2. The smallest absolute Gasteiger partial charge is 0.129 e. The van der Waals surface area contributed by atoms with Crippen LogP contribution < -0.4 is 10.6 Å². The molecular formula is C32H22N4. The third-order valence-corrected chi connectivity index (χ3v) is 8.13. The van der Waals surface area contributed by atoms with Crippen molar-refractivity contribution in [3.8, 4) is 5.69 Å². The first-order valence-electron chi connectivity index (χ1n) is 12.5. The van der Waals surface area contributed by atoms with Gasteiger partial charge in [0.05, 0.1) is 39.5 Å². The van der Waals surface area contributed by atoms with Crippen molar-refractivity contribution in [3.63, 3.8) is 0 Å². The topological polar surface area (TPSA) is 33.9 Å². The molecule has 2 aliphatic heterocycles. The van der Waals surface area contributed by atoms with Crippen molar-refractivity contribution in [3.05, 3.63) is 115 Å². The Morgan fingerprint density at radius 1 is 0.528 bits per heavy atom. The van der Waals surface area contributed by atoms with Gasteiger partial charge in [0, 0.05) is 32.8 Å². The fraction of sp³-hybridized carbons (Fsp3) is 0.0625. The Hall–Kier alpha value is -4.70. The lowest BCUT2D eigenvalue weighted by molar-refractivity contribution is 0.540. The lowest BCUT2D eigenvalue weighted by Crippen LogP contribution is -2.29. The molecule has 36 heavy (non-hydrogen) atoms. The molecule has 0 amide bonds. The number of aromatic nitrogens is 2. The molecule has 4 heterocycles. The van der Waals surface area contributed by atoms with Crippen molar-refractivity contribution in [1.82, 2.24) is 9.13 Å². The molecule has 0 radical (unpaired) electrons. The van der Waals surface area contributed by atoms with Gasteiger partial charge in [-0.2, -0.15) is 0 Å². The predicted octanol–water partition coefficient (Wildman–Crippen LogP) is 7.98. The largest absolute Gasteiger partial charge is 0.373 e. The van der Waals surface area contributed by atoms with Crippen LogP contribution in [0.4, 0.5) is 11.4 Å². The van der Waals surface area contributed by atoms with Crippen LogP contribution in [0.25, 0.3) is 49.3 Å². The average Bonchev–Trinajstić information content (AvgIpc) is 3.55. The summed E-state index contributed by atoms with van der Waals surface area (Å²) in [5.74, 6) is 0. The third-order valence-electron chi connectivity index (χ3n) is 8.13. The van der Waals surface area contributed by atoms with E-state index in [-0.39, 0.29) is 12.2 Å². The predicted molar refractivity (Wildman–Crippen MR) is 149 cm³/mol. The summed E-state index contributed by atoms with van der Waals surface area (Å²) in [7, 11) is 0. The van der Waals surface area contributed by atoms with Crippen LogP contribution >= 0.6 is 0 Å². The van der Waals surface area contributed by atoms with Crippen LogP contribution in [0.1, 0.15) is 17.8 Å². The molecule has 0 saturated carbocycles.